The zero-order valence-electron chi connectivity index (χ0n) is 12.2. The van der Waals surface area contributed by atoms with E-state index in [2.05, 4.69) is 58.0 Å². The lowest BCUT2D eigenvalue weighted by atomic mass is 9.86. The van der Waals surface area contributed by atoms with E-state index >= 15 is 0 Å². The van der Waals surface area contributed by atoms with Crippen molar-refractivity contribution in [2.24, 2.45) is 0 Å². The normalized spacial score (nSPS) is 13.1. The number of para-hydroxylation sites is 1. The molecular weight excluding hydrogens is 232 g/mol. The van der Waals surface area contributed by atoms with Crippen molar-refractivity contribution in [3.8, 4) is 5.75 Å². The van der Waals surface area contributed by atoms with Crippen molar-refractivity contribution in [1.82, 2.24) is 0 Å². The monoisotopic (exact) mass is 254 g/mol. The molecule has 0 N–H and O–H groups in total. The average Bonchev–Trinajstić information content (AvgIpc) is 2.39. The van der Waals surface area contributed by atoms with Gasteiger partial charge in [-0.3, -0.25) is 0 Å². The first-order valence-corrected chi connectivity index (χ1v) is 6.79. The molecule has 0 aliphatic heterocycles. The second kappa shape index (κ2) is 5.48. The summed E-state index contributed by atoms with van der Waals surface area (Å²) >= 11 is 0. The maximum absolute atomic E-state index is 6.16. The zero-order valence-corrected chi connectivity index (χ0v) is 12.2. The van der Waals surface area contributed by atoms with Gasteiger partial charge in [0.25, 0.3) is 0 Å². The minimum Gasteiger partial charge on any atom is -0.486 e. The van der Waals surface area contributed by atoms with Crippen LogP contribution in [-0.4, -0.2) is 0 Å². The van der Waals surface area contributed by atoms with E-state index in [9.17, 15) is 0 Å². The Hall–Kier alpha value is -1.76. The van der Waals surface area contributed by atoms with E-state index in [0.717, 1.165) is 5.75 Å². The standard InChI is InChI=1S/C18H22O/c1-14(15-10-6-5-7-11-15)19-17-13-9-8-12-16(17)18(2,3)4/h5-14H,1-4H3. The van der Waals surface area contributed by atoms with E-state index in [0.29, 0.717) is 0 Å². The van der Waals surface area contributed by atoms with Crippen LogP contribution >= 0.6 is 0 Å². The van der Waals surface area contributed by atoms with E-state index in [-0.39, 0.29) is 11.5 Å². The van der Waals surface area contributed by atoms with E-state index in [1.165, 1.54) is 11.1 Å². The van der Waals surface area contributed by atoms with Gasteiger partial charge in [-0.15, -0.1) is 0 Å². The first kappa shape index (κ1) is 13.7. The molecule has 0 spiro atoms. The Morgan fingerprint density at radius 2 is 1.42 bits per heavy atom. The summed E-state index contributed by atoms with van der Waals surface area (Å²) in [6.45, 7) is 8.72. The van der Waals surface area contributed by atoms with E-state index in [1.807, 2.05) is 24.3 Å². The van der Waals surface area contributed by atoms with E-state index in [4.69, 9.17) is 4.74 Å². The predicted octanol–water partition coefficient (Wildman–Crippen LogP) is 5.12. The lowest BCUT2D eigenvalue weighted by Crippen LogP contribution is -2.14. The molecule has 0 amide bonds. The van der Waals surface area contributed by atoms with Gasteiger partial charge in [-0.2, -0.15) is 0 Å². The van der Waals surface area contributed by atoms with Gasteiger partial charge in [0.15, 0.2) is 0 Å². The number of hydrogen-bond donors (Lipinski definition) is 0. The largest absolute Gasteiger partial charge is 0.486 e. The van der Waals surface area contributed by atoms with Gasteiger partial charge in [0.1, 0.15) is 11.9 Å². The Balaban J connectivity index is 2.25. The molecule has 0 bridgehead atoms. The Morgan fingerprint density at radius 3 is 2.05 bits per heavy atom. The molecule has 2 aromatic carbocycles. The third-order valence-electron chi connectivity index (χ3n) is 3.27. The summed E-state index contributed by atoms with van der Waals surface area (Å²) in [6.07, 6.45) is 0.0599. The van der Waals surface area contributed by atoms with E-state index < -0.39 is 0 Å². The molecule has 1 nitrogen and oxygen atoms in total. The first-order chi connectivity index (χ1) is 8.98. The summed E-state index contributed by atoms with van der Waals surface area (Å²) < 4.78 is 6.16. The van der Waals surface area contributed by atoms with Crippen molar-refractivity contribution in [2.75, 3.05) is 0 Å². The summed E-state index contributed by atoms with van der Waals surface area (Å²) in [5.41, 5.74) is 2.54. The summed E-state index contributed by atoms with van der Waals surface area (Å²) in [5, 5.41) is 0. The summed E-state index contributed by atoms with van der Waals surface area (Å²) in [4.78, 5) is 0. The third kappa shape index (κ3) is 3.37. The molecule has 2 rings (SSSR count). The molecule has 0 fully saturated rings. The van der Waals surface area contributed by atoms with E-state index in [1.54, 1.807) is 0 Å². The van der Waals surface area contributed by atoms with Crippen LogP contribution in [0.1, 0.15) is 44.9 Å². The third-order valence-corrected chi connectivity index (χ3v) is 3.27. The van der Waals surface area contributed by atoms with Crippen molar-refractivity contribution < 1.29 is 4.74 Å². The quantitative estimate of drug-likeness (QED) is 0.738. The smallest absolute Gasteiger partial charge is 0.123 e. The molecular formula is C18H22O. The van der Waals surface area contributed by atoms with Crippen LogP contribution in [0.25, 0.3) is 0 Å². The van der Waals surface area contributed by atoms with Crippen molar-refractivity contribution >= 4 is 0 Å². The van der Waals surface area contributed by atoms with Crippen molar-refractivity contribution in [3.05, 3.63) is 65.7 Å². The topological polar surface area (TPSA) is 9.23 Å². The first-order valence-electron chi connectivity index (χ1n) is 6.79. The van der Waals surface area contributed by atoms with Crippen LogP contribution in [0.2, 0.25) is 0 Å². The predicted molar refractivity (Wildman–Crippen MR) is 80.6 cm³/mol. The van der Waals surface area contributed by atoms with Crippen molar-refractivity contribution in [2.45, 2.75) is 39.2 Å². The molecule has 0 aliphatic carbocycles. The molecule has 1 unspecified atom stereocenters. The SMILES string of the molecule is CC(Oc1ccccc1C(C)(C)C)c1ccccc1. The zero-order chi connectivity index (χ0) is 13.9. The second-order valence-electron chi connectivity index (χ2n) is 5.92. The minimum absolute atomic E-state index is 0.0599. The maximum Gasteiger partial charge on any atom is 0.123 e. The van der Waals surface area contributed by atoms with Crippen LogP contribution in [0.3, 0.4) is 0 Å². The molecule has 0 aliphatic rings. The molecule has 0 heterocycles. The number of rotatable bonds is 3. The van der Waals surface area contributed by atoms with Gasteiger partial charge in [0, 0.05) is 0 Å². The number of benzene rings is 2. The Morgan fingerprint density at radius 1 is 0.842 bits per heavy atom. The molecule has 0 saturated heterocycles. The molecule has 1 heteroatoms. The van der Waals surface area contributed by atoms with Crippen LogP contribution in [0.4, 0.5) is 0 Å². The van der Waals surface area contributed by atoms with Gasteiger partial charge in [-0.1, -0.05) is 69.3 Å². The average molecular weight is 254 g/mol. The Labute approximate surface area is 116 Å². The molecule has 0 radical (unpaired) electrons. The van der Waals surface area contributed by atoms with Gasteiger partial charge < -0.3 is 4.74 Å². The lowest BCUT2D eigenvalue weighted by Gasteiger charge is -2.25. The van der Waals surface area contributed by atoms with Crippen LogP contribution in [0.5, 0.6) is 5.75 Å². The lowest BCUT2D eigenvalue weighted by molar-refractivity contribution is 0.221. The molecule has 19 heavy (non-hydrogen) atoms. The van der Waals surface area contributed by atoms with Crippen molar-refractivity contribution in [3.63, 3.8) is 0 Å². The molecule has 0 aromatic heterocycles. The number of hydrogen-bond acceptors (Lipinski definition) is 1. The fraction of sp³-hybridized carbons (Fsp3) is 0.333. The summed E-state index contributed by atoms with van der Waals surface area (Å²) in [6, 6.07) is 18.6. The fourth-order valence-electron chi connectivity index (χ4n) is 2.17. The van der Waals surface area contributed by atoms with Gasteiger partial charge in [-0.25, -0.2) is 0 Å². The van der Waals surface area contributed by atoms with Crippen LogP contribution in [-0.2, 0) is 5.41 Å². The fourth-order valence-corrected chi connectivity index (χ4v) is 2.17. The van der Waals surface area contributed by atoms with Gasteiger partial charge in [0.2, 0.25) is 0 Å². The van der Waals surface area contributed by atoms with Gasteiger partial charge >= 0.3 is 0 Å². The number of ether oxygens (including phenoxy) is 1. The molecule has 0 saturated carbocycles. The van der Waals surface area contributed by atoms with Gasteiger partial charge in [0.05, 0.1) is 0 Å². The second-order valence-corrected chi connectivity index (χ2v) is 5.92. The van der Waals surface area contributed by atoms with Crippen LogP contribution < -0.4 is 4.74 Å². The van der Waals surface area contributed by atoms with Crippen LogP contribution in [0.15, 0.2) is 54.6 Å². The van der Waals surface area contributed by atoms with Gasteiger partial charge in [-0.05, 0) is 29.5 Å². The maximum atomic E-state index is 6.16. The molecule has 100 valence electrons. The highest BCUT2D eigenvalue weighted by Gasteiger charge is 2.19. The van der Waals surface area contributed by atoms with Crippen LogP contribution in [0, 0.1) is 0 Å². The summed E-state index contributed by atoms with van der Waals surface area (Å²) in [7, 11) is 0. The highest BCUT2D eigenvalue weighted by molar-refractivity contribution is 5.38. The van der Waals surface area contributed by atoms with Crippen molar-refractivity contribution in [1.29, 1.82) is 0 Å². The molecule has 2 aromatic rings. The highest BCUT2D eigenvalue weighted by atomic mass is 16.5. The minimum atomic E-state index is 0.0599. The summed E-state index contributed by atoms with van der Waals surface area (Å²) in [5.74, 6) is 0.978. The Kier molecular flexibility index (Phi) is 3.94. The highest BCUT2D eigenvalue weighted by Crippen LogP contribution is 2.33. The Bertz CT molecular complexity index is 523. The molecule has 1 atom stereocenters.